The normalized spacial score (nSPS) is 13.5. The maximum absolute atomic E-state index is 13.1. The number of aliphatic imine (C=N–C) groups is 2. The molecule has 0 aliphatic carbocycles. The average Bonchev–Trinajstić information content (AvgIpc) is 3.39. The predicted molar refractivity (Wildman–Crippen MR) is 114 cm³/mol. The van der Waals surface area contributed by atoms with Crippen LogP contribution in [0.5, 0.6) is 5.75 Å². The summed E-state index contributed by atoms with van der Waals surface area (Å²) in [5.41, 5.74) is 0.514. The van der Waals surface area contributed by atoms with E-state index < -0.39 is 15.7 Å². The fourth-order valence-electron chi connectivity index (χ4n) is 2.91. The Morgan fingerprint density at radius 2 is 1.80 bits per heavy atom. The minimum atomic E-state index is -4.24. The third kappa shape index (κ3) is 3.66. The molecule has 1 aliphatic rings. The van der Waals surface area contributed by atoms with Gasteiger partial charge >= 0.3 is 15.7 Å². The first kappa shape index (κ1) is 20.0. The van der Waals surface area contributed by atoms with Crippen molar-refractivity contribution < 1.29 is 13.2 Å². The van der Waals surface area contributed by atoms with E-state index in [0.29, 0.717) is 20.4 Å². The van der Waals surface area contributed by atoms with Crippen molar-refractivity contribution in [2.45, 2.75) is 6.54 Å². The lowest BCUT2D eigenvalue weighted by atomic mass is 10.2. The van der Waals surface area contributed by atoms with Gasteiger partial charge in [0.25, 0.3) is 0 Å². The number of ether oxygens (including phenoxy) is 1. The molecule has 4 rings (SSSR count). The van der Waals surface area contributed by atoms with Gasteiger partial charge in [-0.25, -0.2) is 9.79 Å². The Kier molecular flexibility index (Phi) is 5.27. The van der Waals surface area contributed by atoms with E-state index in [1.807, 2.05) is 0 Å². The molecule has 0 radical (unpaired) electrons. The van der Waals surface area contributed by atoms with Gasteiger partial charge in [-0.3, -0.25) is 9.56 Å². The molecule has 30 heavy (non-hydrogen) atoms. The Morgan fingerprint density at radius 1 is 1.10 bits per heavy atom. The highest BCUT2D eigenvalue weighted by atomic mass is 35.5. The zero-order valence-corrected chi connectivity index (χ0v) is 17.3. The third-order valence-electron chi connectivity index (χ3n) is 4.47. The molecule has 0 atom stereocenters. The molecule has 0 bridgehead atoms. The summed E-state index contributed by atoms with van der Waals surface area (Å²) >= 11 is 5.96. The maximum Gasteiger partial charge on any atom is 0.361 e. The van der Waals surface area contributed by atoms with E-state index in [0.717, 1.165) is 11.9 Å². The van der Waals surface area contributed by atoms with Crippen molar-refractivity contribution in [2.24, 2.45) is 9.98 Å². The lowest BCUT2D eigenvalue weighted by molar-refractivity contribution is 0.414. The van der Waals surface area contributed by atoms with E-state index in [2.05, 4.69) is 15.1 Å². The van der Waals surface area contributed by atoms with Crippen LogP contribution in [0.25, 0.3) is 11.4 Å². The summed E-state index contributed by atoms with van der Waals surface area (Å²) in [4.78, 5) is 20.6. The van der Waals surface area contributed by atoms with Gasteiger partial charge in [0, 0.05) is 10.6 Å². The number of methoxy groups -OCH3 is 1. The zero-order valence-electron chi connectivity index (χ0n) is 15.8. The molecule has 3 aromatic rings. The van der Waals surface area contributed by atoms with E-state index in [4.69, 9.17) is 16.3 Å². The number of aromatic nitrogens is 3. The summed E-state index contributed by atoms with van der Waals surface area (Å²) in [5, 5.41) is 4.40. The molecule has 154 valence electrons. The molecule has 1 aliphatic heterocycles. The molecular weight excluding hydrogens is 430 g/mol. The second kappa shape index (κ2) is 7.88. The van der Waals surface area contributed by atoms with Crippen LogP contribution in [0, 0.1) is 0 Å². The van der Waals surface area contributed by atoms with Crippen LogP contribution in [0.1, 0.15) is 5.56 Å². The molecule has 0 N–H and O–H groups in total. The van der Waals surface area contributed by atoms with Crippen LogP contribution in [0.2, 0.25) is 5.02 Å². The second-order valence-electron chi connectivity index (χ2n) is 6.37. The first-order chi connectivity index (χ1) is 14.4. The molecule has 0 amide bonds. The first-order valence-corrected chi connectivity index (χ1v) is 10.6. The quantitative estimate of drug-likeness (QED) is 0.597. The van der Waals surface area contributed by atoms with Crippen LogP contribution in [0.15, 0.2) is 63.3 Å². The van der Waals surface area contributed by atoms with Gasteiger partial charge in [-0.05, 0) is 42.0 Å². The number of hydrogen-bond acceptors (Lipinski definition) is 7. The van der Waals surface area contributed by atoms with Gasteiger partial charge in [-0.2, -0.15) is 8.42 Å². The Hall–Kier alpha value is -3.24. The van der Waals surface area contributed by atoms with E-state index in [-0.39, 0.29) is 24.0 Å². The maximum atomic E-state index is 13.1. The molecule has 2 aromatic carbocycles. The van der Waals surface area contributed by atoms with Crippen molar-refractivity contribution in [3.63, 3.8) is 0 Å². The monoisotopic (exact) mass is 445 g/mol. The predicted octanol–water partition coefficient (Wildman–Crippen LogP) is 2.04. The highest BCUT2D eigenvalue weighted by molar-refractivity contribution is 8.05. The van der Waals surface area contributed by atoms with Crippen molar-refractivity contribution in [1.29, 1.82) is 0 Å². The molecule has 1 aromatic heterocycles. The largest absolute Gasteiger partial charge is 0.497 e. The van der Waals surface area contributed by atoms with Gasteiger partial charge in [0.15, 0.2) is 10.9 Å². The third-order valence-corrected chi connectivity index (χ3v) is 6.25. The van der Waals surface area contributed by atoms with E-state index >= 15 is 0 Å². The minimum Gasteiger partial charge on any atom is -0.497 e. The van der Waals surface area contributed by atoms with Gasteiger partial charge in [-0.15, -0.1) is 5.10 Å². The standard InChI is InChI=1S/C19H16ClN5O4S/c1-29-16-8-2-13(3-9-16)11-24-18(14-4-6-15(20)7-5-14)23-25(19(24)26)30(27,28)17-10-21-12-22-17/h2-9,12H,10-11H2,1H3. The molecule has 0 unspecified atom stereocenters. The van der Waals surface area contributed by atoms with Crippen molar-refractivity contribution >= 4 is 33.0 Å². The lowest BCUT2D eigenvalue weighted by Crippen LogP contribution is -2.35. The number of rotatable bonds is 5. The minimum absolute atomic E-state index is 0.110. The van der Waals surface area contributed by atoms with E-state index in [1.165, 1.54) is 4.57 Å². The highest BCUT2D eigenvalue weighted by Gasteiger charge is 2.29. The summed E-state index contributed by atoms with van der Waals surface area (Å²) in [7, 11) is -2.68. The lowest BCUT2D eigenvalue weighted by Gasteiger charge is -2.07. The highest BCUT2D eigenvalue weighted by Crippen LogP contribution is 2.21. The fraction of sp³-hybridized carbons (Fsp3) is 0.158. The van der Waals surface area contributed by atoms with Gasteiger partial charge in [0.1, 0.15) is 12.1 Å². The molecule has 2 heterocycles. The molecular formula is C19H16ClN5O4S. The van der Waals surface area contributed by atoms with E-state index in [9.17, 15) is 13.2 Å². The summed E-state index contributed by atoms with van der Waals surface area (Å²) in [6.45, 7) is -0.0182. The molecule has 9 nitrogen and oxygen atoms in total. The second-order valence-corrected chi connectivity index (χ2v) is 8.58. The van der Waals surface area contributed by atoms with Crippen molar-refractivity contribution in [2.75, 3.05) is 13.7 Å². The van der Waals surface area contributed by atoms with Crippen molar-refractivity contribution in [3.05, 3.63) is 69.6 Å². The Labute approximate surface area is 177 Å². The number of halogens is 1. The molecule has 0 saturated carbocycles. The van der Waals surface area contributed by atoms with Gasteiger partial charge in [-0.1, -0.05) is 27.8 Å². The molecule has 0 fully saturated rings. The first-order valence-electron chi connectivity index (χ1n) is 8.79. The number of nitrogens with zero attached hydrogens (tertiary/aromatic N) is 5. The van der Waals surface area contributed by atoms with Gasteiger partial charge in [0.2, 0.25) is 0 Å². The molecule has 0 saturated heterocycles. The summed E-state index contributed by atoms with van der Waals surface area (Å²) in [5.74, 6) is 0.858. The fourth-order valence-corrected chi connectivity index (χ4v) is 4.15. The summed E-state index contributed by atoms with van der Waals surface area (Å²) in [6.07, 6.45) is 1.15. The van der Waals surface area contributed by atoms with Crippen LogP contribution in [0.3, 0.4) is 0 Å². The SMILES string of the molecule is COc1ccc(Cn2c(-c3ccc(Cl)cc3)nn(S(=O)(=O)C3=NC=NC3)c2=O)cc1. The van der Waals surface area contributed by atoms with Crippen LogP contribution >= 0.6 is 11.6 Å². The zero-order chi connectivity index (χ0) is 21.3. The van der Waals surface area contributed by atoms with E-state index in [1.54, 1.807) is 55.6 Å². The van der Waals surface area contributed by atoms with Crippen molar-refractivity contribution in [1.82, 2.24) is 13.8 Å². The van der Waals surface area contributed by atoms with Gasteiger partial charge in [0.05, 0.1) is 20.2 Å². The Bertz CT molecular complexity index is 1310. The Balaban J connectivity index is 1.84. The smallest absolute Gasteiger partial charge is 0.361 e. The van der Waals surface area contributed by atoms with Crippen LogP contribution in [-0.2, 0) is 16.6 Å². The number of benzene rings is 2. The molecule has 0 spiro atoms. The van der Waals surface area contributed by atoms with Crippen LogP contribution in [-0.4, -0.2) is 47.2 Å². The topological polar surface area (TPSA) is 108 Å². The summed E-state index contributed by atoms with van der Waals surface area (Å²) in [6, 6.07) is 13.7. The number of hydrogen-bond donors (Lipinski definition) is 0. The van der Waals surface area contributed by atoms with Gasteiger partial charge < -0.3 is 4.74 Å². The molecule has 11 heteroatoms. The summed E-state index contributed by atoms with van der Waals surface area (Å²) < 4.78 is 32.7. The van der Waals surface area contributed by atoms with Crippen LogP contribution in [0.4, 0.5) is 0 Å². The Morgan fingerprint density at radius 3 is 2.40 bits per heavy atom. The van der Waals surface area contributed by atoms with Crippen LogP contribution < -0.4 is 10.4 Å². The van der Waals surface area contributed by atoms with Crippen molar-refractivity contribution in [3.8, 4) is 17.1 Å². The average molecular weight is 446 g/mol.